The van der Waals surface area contributed by atoms with E-state index in [9.17, 15) is 14.7 Å². The van der Waals surface area contributed by atoms with E-state index < -0.39 is 18.6 Å². The fraction of sp³-hybridized carbons (Fsp3) is 0.286. The van der Waals surface area contributed by atoms with Crippen molar-refractivity contribution < 1.29 is 39.3 Å². The number of aliphatic hydroxyl groups excluding tert-OH is 1. The highest BCUT2D eigenvalue weighted by molar-refractivity contribution is 6.02. The van der Waals surface area contributed by atoms with E-state index in [1.807, 2.05) is 0 Å². The Morgan fingerprint density at radius 2 is 2.00 bits per heavy atom. The van der Waals surface area contributed by atoms with E-state index in [4.69, 9.17) is 24.6 Å². The van der Waals surface area contributed by atoms with E-state index in [2.05, 4.69) is 25.8 Å². The summed E-state index contributed by atoms with van der Waals surface area (Å²) < 4.78 is 10.7. The number of ether oxygens (including phenoxy) is 1. The van der Waals surface area contributed by atoms with Crippen molar-refractivity contribution in [2.45, 2.75) is 25.5 Å². The van der Waals surface area contributed by atoms with Crippen LogP contribution in [0.2, 0.25) is 0 Å². The molecule has 0 saturated heterocycles. The Kier molecular flexibility index (Phi) is 6.61. The number of benzene rings is 1. The third kappa shape index (κ3) is 5.70. The quantitative estimate of drug-likeness (QED) is 0.200. The number of carbonyl (C=O) groups excluding carboxylic acids is 2. The van der Waals surface area contributed by atoms with Crippen molar-refractivity contribution >= 4 is 29.0 Å². The number of anilines is 3. The van der Waals surface area contributed by atoms with Gasteiger partial charge in [-0.25, -0.2) is 4.98 Å². The largest absolute Gasteiger partial charge is 0.494 e. The Balaban J connectivity index is 1.72. The molecule has 0 aliphatic heterocycles. The van der Waals surface area contributed by atoms with Crippen LogP contribution >= 0.6 is 0 Å². The molecular weight excluding hydrogens is 464 g/mol. The molecule has 184 valence electrons. The van der Waals surface area contributed by atoms with Crippen LogP contribution in [0.15, 0.2) is 35.0 Å². The Morgan fingerprint density at radius 1 is 1.23 bits per heavy atom. The van der Waals surface area contributed by atoms with Crippen LogP contribution in [0.5, 0.6) is 5.75 Å². The fourth-order valence-electron chi connectivity index (χ4n) is 3.20. The second kappa shape index (κ2) is 9.63. The van der Waals surface area contributed by atoms with Crippen LogP contribution in [0, 0.1) is 5.92 Å². The minimum atomic E-state index is -3.47. The van der Waals surface area contributed by atoms with Crippen LogP contribution in [-0.2, 0) is 11.4 Å². The third-order valence-electron chi connectivity index (χ3n) is 4.96. The van der Waals surface area contributed by atoms with Crippen molar-refractivity contribution in [3.63, 3.8) is 0 Å². The zero-order valence-electron chi connectivity index (χ0n) is 18.3. The van der Waals surface area contributed by atoms with Crippen LogP contribution < -0.4 is 20.7 Å². The zero-order valence-corrected chi connectivity index (χ0v) is 18.3. The molecule has 1 fully saturated rings. The number of aliphatic hydroxyl groups is 4. The molecule has 14 heteroatoms. The molecule has 0 atom stereocenters. The minimum absolute atomic E-state index is 0.0741. The van der Waals surface area contributed by atoms with Crippen molar-refractivity contribution in [3.05, 3.63) is 41.9 Å². The van der Waals surface area contributed by atoms with Gasteiger partial charge in [0.25, 0.3) is 11.8 Å². The lowest BCUT2D eigenvalue weighted by molar-refractivity contribution is -0.323. The first-order chi connectivity index (χ1) is 16.7. The summed E-state index contributed by atoms with van der Waals surface area (Å²) in [6, 6.07) is 6.26. The van der Waals surface area contributed by atoms with Crippen molar-refractivity contribution in [2.24, 2.45) is 5.92 Å². The van der Waals surface area contributed by atoms with Crippen molar-refractivity contribution in [1.82, 2.24) is 20.4 Å². The topological polar surface area (TPSA) is 212 Å². The summed E-state index contributed by atoms with van der Waals surface area (Å²) in [4.78, 5) is 32.8. The van der Waals surface area contributed by atoms with Crippen molar-refractivity contribution in [1.29, 1.82) is 0 Å². The maximum atomic E-state index is 12.6. The monoisotopic (exact) mass is 486 g/mol. The predicted molar refractivity (Wildman–Crippen MR) is 118 cm³/mol. The zero-order chi connectivity index (χ0) is 25.2. The van der Waals surface area contributed by atoms with Crippen LogP contribution in [0.25, 0.3) is 11.5 Å². The van der Waals surface area contributed by atoms with Gasteiger partial charge in [-0.1, -0.05) is 11.2 Å². The molecule has 1 aliphatic rings. The van der Waals surface area contributed by atoms with Gasteiger partial charge in [0.05, 0.1) is 29.6 Å². The van der Waals surface area contributed by atoms with Gasteiger partial charge >= 0.3 is 6.10 Å². The number of carbonyl (C=O) groups is 2. The molecule has 0 spiro atoms. The normalized spacial score (nSPS) is 13.3. The molecule has 3 aromatic rings. The average Bonchev–Trinajstić information content (AvgIpc) is 3.55. The van der Waals surface area contributed by atoms with Gasteiger partial charge < -0.3 is 40.3 Å². The molecule has 4 rings (SSSR count). The standard InChI is InChI=1S/C21H22N6O8/c1-34-17-11(20-25-16(9-28)27-35-20)3-2-4-13(17)23-14-7-15(24-18(29)10-5-6-10)22-8-12(14)19(30)26-21(31,32)33/h2-4,7-8,10,28,31-33H,5-6,9H2,1H3,(H,26,30)(H2,22,23,24,29). The number of amides is 2. The molecule has 0 unspecified atom stereocenters. The maximum absolute atomic E-state index is 12.6. The molecule has 2 heterocycles. The molecule has 2 amide bonds. The van der Waals surface area contributed by atoms with Crippen molar-refractivity contribution in [3.8, 4) is 17.2 Å². The van der Waals surface area contributed by atoms with Gasteiger partial charge in [-0.05, 0) is 25.0 Å². The van der Waals surface area contributed by atoms with E-state index in [-0.39, 0.29) is 46.4 Å². The summed E-state index contributed by atoms with van der Waals surface area (Å²) in [5.74, 6) is -0.846. The first-order valence-electron chi connectivity index (χ1n) is 10.4. The summed E-state index contributed by atoms with van der Waals surface area (Å²) in [6.07, 6.45) is -0.817. The van der Waals surface area contributed by atoms with E-state index in [1.54, 1.807) is 23.5 Å². The Labute approximate surface area is 197 Å². The SMILES string of the molecule is COc1c(Nc2cc(NC(=O)C3CC3)ncc2C(=O)NC(O)(O)O)cccc1-c1nc(CO)no1. The van der Waals surface area contributed by atoms with Crippen molar-refractivity contribution in [2.75, 3.05) is 17.7 Å². The van der Waals surface area contributed by atoms with Gasteiger partial charge in [0.1, 0.15) is 12.4 Å². The number of pyridine rings is 1. The lowest BCUT2D eigenvalue weighted by Crippen LogP contribution is -2.48. The Hall–Kier alpha value is -4.11. The van der Waals surface area contributed by atoms with Crippen LogP contribution in [-0.4, -0.2) is 60.6 Å². The molecule has 0 bridgehead atoms. The summed E-state index contributed by atoms with van der Waals surface area (Å²) in [7, 11) is 1.40. The number of rotatable bonds is 9. The Bertz CT molecular complexity index is 1250. The van der Waals surface area contributed by atoms with Gasteiger partial charge in [-0.2, -0.15) is 4.98 Å². The second-order valence-corrected chi connectivity index (χ2v) is 7.65. The molecule has 0 radical (unpaired) electrons. The first kappa shape index (κ1) is 24.0. The smallest absolute Gasteiger partial charge is 0.369 e. The summed E-state index contributed by atoms with van der Waals surface area (Å²) in [5, 5.41) is 47.6. The minimum Gasteiger partial charge on any atom is -0.494 e. The lowest BCUT2D eigenvalue weighted by atomic mass is 10.1. The van der Waals surface area contributed by atoms with Crippen LogP contribution in [0.1, 0.15) is 29.0 Å². The number of nitrogens with one attached hydrogen (secondary N) is 3. The highest BCUT2D eigenvalue weighted by Gasteiger charge is 2.30. The second-order valence-electron chi connectivity index (χ2n) is 7.65. The summed E-state index contributed by atoms with van der Waals surface area (Å²) in [6.45, 7) is -0.420. The highest BCUT2D eigenvalue weighted by Crippen LogP contribution is 2.38. The van der Waals surface area contributed by atoms with Gasteiger partial charge in [-0.3, -0.25) is 14.9 Å². The molecule has 2 aromatic heterocycles. The summed E-state index contributed by atoms with van der Waals surface area (Å²) >= 11 is 0. The Morgan fingerprint density at radius 3 is 2.63 bits per heavy atom. The van der Waals surface area contributed by atoms with Crippen LogP contribution in [0.4, 0.5) is 17.2 Å². The van der Waals surface area contributed by atoms with Gasteiger partial charge in [0, 0.05) is 18.2 Å². The van der Waals surface area contributed by atoms with Gasteiger partial charge in [0.15, 0.2) is 11.6 Å². The van der Waals surface area contributed by atoms with E-state index in [0.29, 0.717) is 11.3 Å². The average molecular weight is 486 g/mol. The third-order valence-corrected chi connectivity index (χ3v) is 4.96. The molecule has 14 nitrogen and oxygen atoms in total. The molecule has 7 N–H and O–H groups in total. The van der Waals surface area contributed by atoms with Gasteiger partial charge in [0.2, 0.25) is 5.91 Å². The molecule has 1 aromatic carbocycles. The number of methoxy groups -OCH3 is 1. The molecular formula is C21H22N6O8. The summed E-state index contributed by atoms with van der Waals surface area (Å²) in [5.41, 5.74) is 0.609. The number of hydrogen-bond donors (Lipinski definition) is 7. The lowest BCUT2D eigenvalue weighted by Gasteiger charge is -2.19. The highest BCUT2D eigenvalue weighted by atomic mass is 16.7. The van der Waals surface area contributed by atoms with Gasteiger partial charge in [-0.15, -0.1) is 0 Å². The predicted octanol–water partition coefficient (Wildman–Crippen LogP) is 0.0426. The van der Waals surface area contributed by atoms with E-state index in [1.165, 1.54) is 13.2 Å². The number of aromatic nitrogens is 3. The maximum Gasteiger partial charge on any atom is 0.369 e. The molecule has 1 saturated carbocycles. The van der Waals surface area contributed by atoms with E-state index in [0.717, 1.165) is 19.0 Å². The first-order valence-corrected chi connectivity index (χ1v) is 10.4. The molecule has 35 heavy (non-hydrogen) atoms. The molecule has 1 aliphatic carbocycles. The number of para-hydroxylation sites is 1. The van der Waals surface area contributed by atoms with Crippen LogP contribution in [0.3, 0.4) is 0 Å². The number of nitrogens with zero attached hydrogens (tertiary/aromatic N) is 3. The number of hydrogen-bond acceptors (Lipinski definition) is 12. The van der Waals surface area contributed by atoms with E-state index >= 15 is 0 Å². The fourth-order valence-corrected chi connectivity index (χ4v) is 3.20.